The third kappa shape index (κ3) is 3.31. The van der Waals surface area contributed by atoms with E-state index in [2.05, 4.69) is 5.32 Å². The average Bonchev–Trinajstić information content (AvgIpc) is 2.75. The van der Waals surface area contributed by atoms with Crippen LogP contribution in [0.4, 0.5) is 5.69 Å². The van der Waals surface area contributed by atoms with Crippen molar-refractivity contribution in [2.24, 2.45) is 11.7 Å². The molecule has 1 fully saturated rings. The number of carbonyl (C=O) groups is 1. The molecule has 0 spiro atoms. The molecule has 3 N–H and O–H groups in total. The van der Waals surface area contributed by atoms with Gasteiger partial charge < -0.3 is 15.8 Å². The summed E-state index contributed by atoms with van der Waals surface area (Å²) in [6.07, 6.45) is 1.12. The van der Waals surface area contributed by atoms with E-state index in [-0.39, 0.29) is 16.8 Å². The zero-order chi connectivity index (χ0) is 14.0. The zero-order valence-electron chi connectivity index (χ0n) is 10.5. The quantitative estimate of drug-likeness (QED) is 0.814. The first kappa shape index (κ1) is 14.0. The Morgan fingerprint density at radius 2 is 2.16 bits per heavy atom. The van der Waals surface area contributed by atoms with Crippen LogP contribution in [0.5, 0.6) is 0 Å². The SMILES string of the molecule is CS(=O)(=O)c1cccc(NC(=O)C2COCC2N)c1. The molecule has 1 saturated heterocycles. The average molecular weight is 284 g/mol. The second kappa shape index (κ2) is 5.28. The molecule has 0 saturated carbocycles. The third-order valence-corrected chi connectivity index (χ3v) is 4.10. The summed E-state index contributed by atoms with van der Waals surface area (Å²) in [7, 11) is -3.29. The molecule has 1 aliphatic rings. The van der Waals surface area contributed by atoms with Gasteiger partial charge in [-0.1, -0.05) is 6.07 Å². The van der Waals surface area contributed by atoms with Crippen LogP contribution in [0.25, 0.3) is 0 Å². The minimum absolute atomic E-state index is 0.164. The predicted octanol–water partition coefficient (Wildman–Crippen LogP) is 0.00230. The Kier molecular flexibility index (Phi) is 3.88. The molecule has 1 amide bonds. The van der Waals surface area contributed by atoms with Gasteiger partial charge in [-0.3, -0.25) is 4.79 Å². The zero-order valence-corrected chi connectivity index (χ0v) is 11.3. The van der Waals surface area contributed by atoms with Crippen molar-refractivity contribution in [2.45, 2.75) is 10.9 Å². The van der Waals surface area contributed by atoms with Crippen molar-refractivity contribution < 1.29 is 17.9 Å². The van der Waals surface area contributed by atoms with Gasteiger partial charge in [0.05, 0.1) is 24.0 Å². The van der Waals surface area contributed by atoms with Crippen LogP contribution in [-0.2, 0) is 19.4 Å². The molecule has 2 unspecified atom stereocenters. The normalized spacial score (nSPS) is 23.3. The number of sulfone groups is 1. The lowest BCUT2D eigenvalue weighted by Crippen LogP contribution is -2.37. The van der Waals surface area contributed by atoms with Crippen LogP contribution in [0.2, 0.25) is 0 Å². The van der Waals surface area contributed by atoms with Gasteiger partial charge in [-0.2, -0.15) is 0 Å². The second-order valence-electron chi connectivity index (χ2n) is 4.60. The maximum absolute atomic E-state index is 12.0. The van der Waals surface area contributed by atoms with E-state index in [1.54, 1.807) is 12.1 Å². The standard InChI is InChI=1S/C12H16N2O4S/c1-19(16,17)9-4-2-3-8(5-9)14-12(15)10-6-18-7-11(10)13/h2-5,10-11H,6-7,13H2,1H3,(H,14,15). The van der Waals surface area contributed by atoms with E-state index in [4.69, 9.17) is 10.5 Å². The molecule has 6 nitrogen and oxygen atoms in total. The summed E-state index contributed by atoms with van der Waals surface area (Å²) in [4.78, 5) is 12.1. The molecule has 0 aromatic heterocycles. The van der Waals surface area contributed by atoms with Gasteiger partial charge in [0.15, 0.2) is 9.84 Å². The number of nitrogens with two attached hydrogens (primary N) is 1. The van der Waals surface area contributed by atoms with Gasteiger partial charge in [0.1, 0.15) is 0 Å². The fraction of sp³-hybridized carbons (Fsp3) is 0.417. The number of amides is 1. The van der Waals surface area contributed by atoms with Gasteiger partial charge in [-0.15, -0.1) is 0 Å². The van der Waals surface area contributed by atoms with Crippen LogP contribution >= 0.6 is 0 Å². The molecule has 1 aromatic rings. The summed E-state index contributed by atoms with van der Waals surface area (Å²) in [5.41, 5.74) is 6.19. The monoisotopic (exact) mass is 284 g/mol. The Bertz CT molecular complexity index is 585. The number of nitrogens with one attached hydrogen (secondary N) is 1. The lowest BCUT2D eigenvalue weighted by atomic mass is 10.0. The minimum atomic E-state index is -3.29. The van der Waals surface area contributed by atoms with Crippen molar-refractivity contribution in [2.75, 3.05) is 24.8 Å². The van der Waals surface area contributed by atoms with Gasteiger partial charge in [0, 0.05) is 18.0 Å². The van der Waals surface area contributed by atoms with Crippen molar-refractivity contribution in [3.05, 3.63) is 24.3 Å². The van der Waals surface area contributed by atoms with E-state index >= 15 is 0 Å². The Morgan fingerprint density at radius 1 is 1.42 bits per heavy atom. The number of anilines is 1. The summed E-state index contributed by atoms with van der Waals surface area (Å²) < 4.78 is 28.0. The Labute approximate surface area is 111 Å². The van der Waals surface area contributed by atoms with E-state index < -0.39 is 15.8 Å². The van der Waals surface area contributed by atoms with Crippen molar-refractivity contribution >= 4 is 21.4 Å². The van der Waals surface area contributed by atoms with Crippen LogP contribution < -0.4 is 11.1 Å². The van der Waals surface area contributed by atoms with Crippen LogP contribution in [0.3, 0.4) is 0 Å². The van der Waals surface area contributed by atoms with Crippen molar-refractivity contribution in [1.82, 2.24) is 0 Å². The first-order valence-electron chi connectivity index (χ1n) is 5.82. The molecule has 19 heavy (non-hydrogen) atoms. The molecule has 0 aliphatic carbocycles. The minimum Gasteiger partial charge on any atom is -0.379 e. The molecule has 7 heteroatoms. The van der Waals surface area contributed by atoms with Crippen LogP contribution in [-0.4, -0.2) is 39.8 Å². The number of carbonyl (C=O) groups excluding carboxylic acids is 1. The summed E-state index contributed by atoms with van der Waals surface area (Å²) in [6.45, 7) is 0.653. The third-order valence-electron chi connectivity index (χ3n) is 2.99. The molecule has 0 radical (unpaired) electrons. The van der Waals surface area contributed by atoms with Crippen LogP contribution in [0.15, 0.2) is 29.2 Å². The summed E-state index contributed by atoms with van der Waals surface area (Å²) in [6, 6.07) is 5.80. The van der Waals surface area contributed by atoms with Crippen LogP contribution in [0.1, 0.15) is 0 Å². The molecule has 2 atom stereocenters. The molecule has 1 heterocycles. The van der Waals surface area contributed by atoms with Crippen molar-refractivity contribution in [3.8, 4) is 0 Å². The second-order valence-corrected chi connectivity index (χ2v) is 6.61. The van der Waals surface area contributed by atoms with Gasteiger partial charge >= 0.3 is 0 Å². The number of hydrogen-bond donors (Lipinski definition) is 2. The first-order valence-corrected chi connectivity index (χ1v) is 7.71. The molecule has 0 bridgehead atoms. The van der Waals surface area contributed by atoms with E-state index in [1.807, 2.05) is 0 Å². The number of ether oxygens (including phenoxy) is 1. The fourth-order valence-electron chi connectivity index (χ4n) is 1.88. The maximum Gasteiger partial charge on any atom is 0.231 e. The summed E-state index contributed by atoms with van der Waals surface area (Å²) in [5.74, 6) is -0.655. The Hall–Kier alpha value is -1.44. The molecular formula is C12H16N2O4S. The van der Waals surface area contributed by atoms with E-state index in [1.165, 1.54) is 12.1 Å². The highest BCUT2D eigenvalue weighted by atomic mass is 32.2. The smallest absolute Gasteiger partial charge is 0.231 e. The first-order chi connectivity index (χ1) is 8.88. The Morgan fingerprint density at radius 3 is 2.74 bits per heavy atom. The number of rotatable bonds is 3. The Balaban J connectivity index is 2.13. The van der Waals surface area contributed by atoms with E-state index in [0.29, 0.717) is 18.9 Å². The topological polar surface area (TPSA) is 98.5 Å². The largest absolute Gasteiger partial charge is 0.379 e. The predicted molar refractivity (Wildman–Crippen MR) is 70.5 cm³/mol. The highest BCUT2D eigenvalue weighted by Crippen LogP contribution is 2.18. The molecule has 2 rings (SSSR count). The van der Waals surface area contributed by atoms with Crippen molar-refractivity contribution in [3.63, 3.8) is 0 Å². The van der Waals surface area contributed by atoms with E-state index in [9.17, 15) is 13.2 Å². The highest BCUT2D eigenvalue weighted by Gasteiger charge is 2.31. The summed E-state index contributed by atoms with van der Waals surface area (Å²) >= 11 is 0. The number of benzene rings is 1. The van der Waals surface area contributed by atoms with Crippen molar-refractivity contribution in [1.29, 1.82) is 0 Å². The fourth-order valence-corrected chi connectivity index (χ4v) is 2.55. The summed E-state index contributed by atoms with van der Waals surface area (Å²) in [5, 5.41) is 2.66. The molecule has 1 aliphatic heterocycles. The van der Waals surface area contributed by atoms with E-state index in [0.717, 1.165) is 6.26 Å². The van der Waals surface area contributed by atoms with Gasteiger partial charge in [-0.05, 0) is 18.2 Å². The molecular weight excluding hydrogens is 268 g/mol. The number of hydrogen-bond acceptors (Lipinski definition) is 5. The van der Waals surface area contributed by atoms with Gasteiger partial charge in [-0.25, -0.2) is 8.42 Å². The maximum atomic E-state index is 12.0. The molecule has 1 aromatic carbocycles. The van der Waals surface area contributed by atoms with Gasteiger partial charge in [0.25, 0.3) is 0 Å². The molecule has 104 valence electrons. The lowest BCUT2D eigenvalue weighted by molar-refractivity contribution is -0.120. The lowest BCUT2D eigenvalue weighted by Gasteiger charge is -2.13. The van der Waals surface area contributed by atoms with Gasteiger partial charge in [0.2, 0.25) is 5.91 Å². The van der Waals surface area contributed by atoms with Crippen LogP contribution in [0, 0.1) is 5.92 Å². The highest BCUT2D eigenvalue weighted by molar-refractivity contribution is 7.90.